The zero-order valence-electron chi connectivity index (χ0n) is 11.5. The highest BCUT2D eigenvalue weighted by molar-refractivity contribution is 6.35. The van der Waals surface area contributed by atoms with E-state index in [1.165, 1.54) is 0 Å². The highest BCUT2D eigenvalue weighted by Crippen LogP contribution is 2.17. The minimum absolute atomic E-state index is 0.432. The van der Waals surface area contributed by atoms with Gasteiger partial charge in [-0.25, -0.2) is 4.79 Å². The van der Waals surface area contributed by atoms with E-state index in [0.29, 0.717) is 5.56 Å². The Morgan fingerprint density at radius 3 is 2.26 bits per heavy atom. The van der Waals surface area contributed by atoms with Crippen LogP contribution in [0.25, 0.3) is 5.53 Å². The van der Waals surface area contributed by atoms with E-state index in [1.54, 1.807) is 45.0 Å². The van der Waals surface area contributed by atoms with E-state index < -0.39 is 23.4 Å². The Morgan fingerprint density at radius 1 is 1.32 bits per heavy atom. The third kappa shape index (κ3) is 4.32. The minimum atomic E-state index is -1.32. The molecule has 1 atom stereocenters. The third-order valence-corrected chi connectivity index (χ3v) is 2.37. The summed E-state index contributed by atoms with van der Waals surface area (Å²) in [6, 6.07) is 6.91. The molecule has 5 heteroatoms. The van der Waals surface area contributed by atoms with Crippen LogP contribution in [0.5, 0.6) is 0 Å². The molecule has 0 aliphatic rings. The van der Waals surface area contributed by atoms with Crippen LogP contribution in [0.1, 0.15) is 38.0 Å². The molecule has 0 aromatic heterocycles. The Hall–Kier alpha value is -1.97. The first-order chi connectivity index (χ1) is 8.74. The molecular formula is C14H18N2O3. The van der Waals surface area contributed by atoms with Gasteiger partial charge >= 0.3 is 11.7 Å². The predicted octanol–water partition coefficient (Wildman–Crippen LogP) is 2.04. The molecule has 1 rings (SSSR count). The lowest BCUT2D eigenvalue weighted by molar-refractivity contribution is -0.152. The Labute approximate surface area is 112 Å². The van der Waals surface area contributed by atoms with Crippen molar-refractivity contribution in [3.8, 4) is 0 Å². The topological polar surface area (TPSA) is 82.9 Å². The molecule has 0 fully saturated rings. The number of rotatable bonds is 3. The van der Waals surface area contributed by atoms with Crippen LogP contribution in [-0.2, 0) is 9.53 Å². The van der Waals surface area contributed by atoms with Crippen LogP contribution in [0.15, 0.2) is 24.3 Å². The van der Waals surface area contributed by atoms with Gasteiger partial charge in [0.05, 0.1) is 0 Å². The zero-order chi connectivity index (χ0) is 14.6. The first kappa shape index (κ1) is 15.1. The number of carbonyl (C=O) groups excluding carboxylic acids is 1. The molecule has 1 aromatic carbocycles. The SMILES string of the molecule is Cc1ccc([C@@H](O)C(=[N+]=[N-])C(=O)OC(C)(C)C)cc1. The fraction of sp³-hybridized carbons (Fsp3) is 0.429. The Balaban J connectivity index is 2.95. The van der Waals surface area contributed by atoms with Crippen LogP contribution in [0.3, 0.4) is 0 Å². The molecule has 0 saturated heterocycles. The summed E-state index contributed by atoms with van der Waals surface area (Å²) in [5, 5.41) is 10.0. The summed E-state index contributed by atoms with van der Waals surface area (Å²) < 4.78 is 5.07. The highest BCUT2D eigenvalue weighted by atomic mass is 16.6. The predicted molar refractivity (Wildman–Crippen MR) is 70.6 cm³/mol. The van der Waals surface area contributed by atoms with E-state index in [9.17, 15) is 9.90 Å². The number of esters is 1. The average molecular weight is 262 g/mol. The van der Waals surface area contributed by atoms with E-state index >= 15 is 0 Å². The lowest BCUT2D eigenvalue weighted by Crippen LogP contribution is -2.32. The monoisotopic (exact) mass is 262 g/mol. The first-order valence-electron chi connectivity index (χ1n) is 5.94. The molecule has 5 nitrogen and oxygen atoms in total. The van der Waals surface area contributed by atoms with Crippen molar-refractivity contribution in [3.05, 3.63) is 40.9 Å². The molecule has 0 amide bonds. The molecular weight excluding hydrogens is 244 g/mol. The lowest BCUT2D eigenvalue weighted by atomic mass is 10.0. The van der Waals surface area contributed by atoms with Crippen molar-refractivity contribution >= 4 is 11.7 Å². The minimum Gasteiger partial charge on any atom is -0.451 e. The summed E-state index contributed by atoms with van der Waals surface area (Å²) in [6.45, 7) is 6.99. The van der Waals surface area contributed by atoms with Gasteiger partial charge in [-0.15, -0.1) is 0 Å². The Bertz CT molecular complexity index is 508. The van der Waals surface area contributed by atoms with Gasteiger partial charge in [-0.2, -0.15) is 4.79 Å². The van der Waals surface area contributed by atoms with Gasteiger partial charge in [0.1, 0.15) is 5.60 Å². The maximum Gasteiger partial charge on any atom is 0.420 e. The van der Waals surface area contributed by atoms with Crippen LogP contribution in [-0.4, -0.2) is 27.2 Å². The number of hydrogen-bond acceptors (Lipinski definition) is 3. The van der Waals surface area contributed by atoms with Crippen molar-refractivity contribution in [1.82, 2.24) is 0 Å². The maximum absolute atomic E-state index is 11.8. The second kappa shape index (κ2) is 5.78. The fourth-order valence-corrected chi connectivity index (χ4v) is 1.44. The smallest absolute Gasteiger partial charge is 0.420 e. The van der Waals surface area contributed by atoms with Crippen LogP contribution in [0, 0.1) is 6.92 Å². The van der Waals surface area contributed by atoms with Gasteiger partial charge in [0.2, 0.25) is 0 Å². The molecule has 0 aliphatic carbocycles. The van der Waals surface area contributed by atoms with Crippen molar-refractivity contribution in [1.29, 1.82) is 0 Å². The number of aliphatic hydroxyl groups is 1. The Morgan fingerprint density at radius 2 is 1.84 bits per heavy atom. The summed E-state index contributed by atoms with van der Waals surface area (Å²) in [7, 11) is 0. The zero-order valence-corrected chi connectivity index (χ0v) is 11.5. The molecule has 102 valence electrons. The summed E-state index contributed by atoms with van der Waals surface area (Å²) in [5.74, 6) is -0.844. The molecule has 1 aromatic rings. The van der Waals surface area contributed by atoms with Crippen LogP contribution in [0.4, 0.5) is 0 Å². The number of carbonyl (C=O) groups is 1. The number of ether oxygens (including phenoxy) is 1. The molecule has 19 heavy (non-hydrogen) atoms. The lowest BCUT2D eigenvalue weighted by Gasteiger charge is -2.18. The van der Waals surface area contributed by atoms with Crippen LogP contribution in [0.2, 0.25) is 0 Å². The normalized spacial score (nSPS) is 12.5. The summed E-state index contributed by atoms with van der Waals surface area (Å²) >= 11 is 0. The van der Waals surface area contributed by atoms with E-state index in [1.807, 2.05) is 6.92 Å². The Kier molecular flexibility index (Phi) is 4.59. The number of hydrogen-bond donors (Lipinski definition) is 1. The van der Waals surface area contributed by atoms with Gasteiger partial charge in [-0.05, 0) is 33.3 Å². The van der Waals surface area contributed by atoms with Gasteiger partial charge in [0.25, 0.3) is 0 Å². The standard InChI is InChI=1S/C14H18N2O3/c1-9-5-7-10(8-6-9)12(17)11(16-15)13(18)19-14(2,3)4/h5-8,12,17H,1-4H3/t12-/m1/s1. The van der Waals surface area contributed by atoms with E-state index in [-0.39, 0.29) is 0 Å². The molecule has 0 radical (unpaired) electrons. The van der Waals surface area contributed by atoms with Gasteiger partial charge < -0.3 is 15.4 Å². The van der Waals surface area contributed by atoms with E-state index in [4.69, 9.17) is 10.3 Å². The average Bonchev–Trinajstić information content (AvgIpc) is 2.28. The molecule has 0 spiro atoms. The second-order valence-electron chi connectivity index (χ2n) is 5.30. The number of nitrogens with zero attached hydrogens (tertiary/aromatic N) is 2. The van der Waals surface area contributed by atoms with E-state index in [2.05, 4.69) is 4.79 Å². The van der Waals surface area contributed by atoms with Gasteiger partial charge in [-0.1, -0.05) is 29.8 Å². The van der Waals surface area contributed by atoms with Crippen molar-refractivity contribution in [2.24, 2.45) is 0 Å². The maximum atomic E-state index is 11.8. The fourth-order valence-electron chi connectivity index (χ4n) is 1.44. The van der Waals surface area contributed by atoms with Gasteiger partial charge in [0, 0.05) is 0 Å². The quantitative estimate of drug-likeness (QED) is 0.391. The molecule has 0 unspecified atom stereocenters. The van der Waals surface area contributed by atoms with Gasteiger partial charge in [-0.3, -0.25) is 0 Å². The van der Waals surface area contributed by atoms with Crippen molar-refractivity contribution in [2.45, 2.75) is 39.4 Å². The molecule has 0 saturated carbocycles. The van der Waals surface area contributed by atoms with Crippen molar-refractivity contribution < 1.29 is 19.4 Å². The summed E-state index contributed by atoms with van der Waals surface area (Å²) in [5.41, 5.74) is 9.24. The third-order valence-electron chi connectivity index (χ3n) is 2.37. The van der Waals surface area contributed by atoms with E-state index in [0.717, 1.165) is 5.56 Å². The number of aryl methyl sites for hydroxylation is 1. The molecule has 0 bridgehead atoms. The van der Waals surface area contributed by atoms with Crippen LogP contribution >= 0.6 is 0 Å². The first-order valence-corrected chi connectivity index (χ1v) is 5.94. The van der Waals surface area contributed by atoms with Gasteiger partial charge in [0.15, 0.2) is 6.10 Å². The largest absolute Gasteiger partial charge is 0.451 e. The molecule has 0 heterocycles. The van der Waals surface area contributed by atoms with Crippen molar-refractivity contribution in [3.63, 3.8) is 0 Å². The number of benzene rings is 1. The second-order valence-corrected chi connectivity index (χ2v) is 5.30. The summed E-state index contributed by atoms with van der Waals surface area (Å²) in [6.07, 6.45) is -1.32. The molecule has 0 aliphatic heterocycles. The summed E-state index contributed by atoms with van der Waals surface area (Å²) in [4.78, 5) is 14.7. The van der Waals surface area contributed by atoms with Crippen LogP contribution < -0.4 is 0 Å². The van der Waals surface area contributed by atoms with Crippen molar-refractivity contribution in [2.75, 3.05) is 0 Å². The molecule has 1 N–H and O–H groups in total. The number of aliphatic hydroxyl groups excluding tert-OH is 1. The highest BCUT2D eigenvalue weighted by Gasteiger charge is 2.35.